The molecule has 3 aromatic carbocycles. The van der Waals surface area contributed by atoms with Gasteiger partial charge in [-0.25, -0.2) is 0 Å². The molecule has 0 heterocycles. The van der Waals surface area contributed by atoms with E-state index in [0.29, 0.717) is 11.1 Å². The SMILES string of the molecule is CC(c1ccccc1)c1cc(-c2cccc(S(=O)(=O)O)c2O)ccc1O. The average Bonchev–Trinajstić information content (AvgIpc) is 2.62. The third-order valence-electron chi connectivity index (χ3n) is 4.38. The summed E-state index contributed by atoms with van der Waals surface area (Å²) in [5.74, 6) is -0.530. The minimum atomic E-state index is -4.54. The molecule has 0 aliphatic carbocycles. The molecule has 6 heteroatoms. The molecule has 134 valence electrons. The number of aromatic hydroxyl groups is 2. The van der Waals surface area contributed by atoms with Gasteiger partial charge in [0.15, 0.2) is 0 Å². The summed E-state index contributed by atoms with van der Waals surface area (Å²) in [6.45, 7) is 1.95. The molecule has 0 spiro atoms. The Balaban J connectivity index is 2.12. The first-order chi connectivity index (χ1) is 12.3. The summed E-state index contributed by atoms with van der Waals surface area (Å²) in [5.41, 5.74) is 2.44. The average molecular weight is 370 g/mol. The highest BCUT2D eigenvalue weighted by atomic mass is 32.2. The molecule has 0 aliphatic heterocycles. The predicted octanol–water partition coefficient (Wildman–Crippen LogP) is 4.16. The first kappa shape index (κ1) is 18.0. The van der Waals surface area contributed by atoms with E-state index >= 15 is 0 Å². The fourth-order valence-corrected chi connectivity index (χ4v) is 3.56. The van der Waals surface area contributed by atoms with Gasteiger partial charge in [0.25, 0.3) is 10.1 Å². The molecule has 0 saturated carbocycles. The van der Waals surface area contributed by atoms with Crippen LogP contribution in [0, 0.1) is 0 Å². The summed E-state index contributed by atoms with van der Waals surface area (Å²) in [4.78, 5) is -0.555. The van der Waals surface area contributed by atoms with Gasteiger partial charge in [-0.3, -0.25) is 4.55 Å². The molecule has 5 nitrogen and oxygen atoms in total. The van der Waals surface area contributed by atoms with Crippen molar-refractivity contribution in [3.8, 4) is 22.6 Å². The number of benzene rings is 3. The van der Waals surface area contributed by atoms with E-state index in [4.69, 9.17) is 0 Å². The summed E-state index contributed by atoms with van der Waals surface area (Å²) in [6.07, 6.45) is 0. The van der Waals surface area contributed by atoms with E-state index in [9.17, 15) is 23.2 Å². The Kier molecular flexibility index (Phi) is 4.71. The van der Waals surface area contributed by atoms with E-state index in [2.05, 4.69) is 0 Å². The van der Waals surface area contributed by atoms with Crippen LogP contribution in [0.5, 0.6) is 11.5 Å². The Morgan fingerprint density at radius 2 is 1.58 bits per heavy atom. The third-order valence-corrected chi connectivity index (χ3v) is 5.27. The fourth-order valence-electron chi connectivity index (χ4n) is 2.95. The first-order valence-electron chi connectivity index (χ1n) is 7.96. The zero-order valence-electron chi connectivity index (χ0n) is 14.0. The number of hydrogen-bond acceptors (Lipinski definition) is 4. The van der Waals surface area contributed by atoms with Crippen molar-refractivity contribution in [2.45, 2.75) is 17.7 Å². The fraction of sp³-hybridized carbons (Fsp3) is 0.100. The molecule has 0 amide bonds. The van der Waals surface area contributed by atoms with Crippen LogP contribution in [-0.2, 0) is 10.1 Å². The lowest BCUT2D eigenvalue weighted by molar-refractivity contribution is 0.444. The van der Waals surface area contributed by atoms with Crippen LogP contribution in [0.2, 0.25) is 0 Å². The molecule has 0 saturated heterocycles. The third kappa shape index (κ3) is 3.42. The highest BCUT2D eigenvalue weighted by Crippen LogP contribution is 2.39. The van der Waals surface area contributed by atoms with Gasteiger partial charge in [-0.05, 0) is 29.3 Å². The van der Waals surface area contributed by atoms with Crippen LogP contribution in [0.3, 0.4) is 0 Å². The number of phenols is 2. The van der Waals surface area contributed by atoms with Crippen LogP contribution in [0.1, 0.15) is 24.0 Å². The van der Waals surface area contributed by atoms with Gasteiger partial charge >= 0.3 is 0 Å². The van der Waals surface area contributed by atoms with E-state index in [1.807, 2.05) is 37.3 Å². The quantitative estimate of drug-likeness (QED) is 0.599. The molecule has 1 unspecified atom stereocenters. The van der Waals surface area contributed by atoms with Gasteiger partial charge in [-0.1, -0.05) is 55.5 Å². The molecular formula is C20H18O5S. The molecule has 3 aromatic rings. The molecule has 0 radical (unpaired) electrons. The van der Waals surface area contributed by atoms with Crippen molar-refractivity contribution in [1.82, 2.24) is 0 Å². The number of rotatable bonds is 4. The van der Waals surface area contributed by atoms with Crippen molar-refractivity contribution >= 4 is 10.1 Å². The monoisotopic (exact) mass is 370 g/mol. The topological polar surface area (TPSA) is 94.8 Å². The second-order valence-electron chi connectivity index (χ2n) is 6.03. The Labute approximate surface area is 151 Å². The summed E-state index contributed by atoms with van der Waals surface area (Å²) in [5, 5.41) is 20.6. The molecule has 1 atom stereocenters. The summed E-state index contributed by atoms with van der Waals surface area (Å²) in [6, 6.07) is 18.5. The number of hydrogen-bond donors (Lipinski definition) is 3. The van der Waals surface area contributed by atoms with Crippen molar-refractivity contribution < 1.29 is 23.2 Å². The van der Waals surface area contributed by atoms with Crippen LogP contribution in [-0.4, -0.2) is 23.2 Å². The minimum absolute atomic E-state index is 0.107. The molecule has 0 bridgehead atoms. The highest BCUT2D eigenvalue weighted by molar-refractivity contribution is 7.86. The second-order valence-corrected chi connectivity index (χ2v) is 7.42. The number of para-hydroxylation sites is 1. The smallest absolute Gasteiger partial charge is 0.298 e. The normalized spacial score (nSPS) is 12.7. The van der Waals surface area contributed by atoms with Crippen molar-refractivity contribution in [3.05, 3.63) is 77.9 Å². The molecular weight excluding hydrogens is 352 g/mol. The standard InChI is InChI=1S/C20H18O5S/c1-13(14-6-3-2-4-7-14)17-12-15(10-11-18(17)21)16-8-5-9-19(20(16)22)26(23,24)25/h2-13,21-22H,1H3,(H,23,24,25). The number of phenolic OH excluding ortho intramolecular Hbond substituents is 2. The molecule has 3 N–H and O–H groups in total. The zero-order valence-corrected chi connectivity index (χ0v) is 14.8. The van der Waals surface area contributed by atoms with Crippen molar-refractivity contribution in [3.63, 3.8) is 0 Å². The van der Waals surface area contributed by atoms with Gasteiger partial charge in [-0.2, -0.15) is 8.42 Å². The Morgan fingerprint density at radius 1 is 0.885 bits per heavy atom. The van der Waals surface area contributed by atoms with Gasteiger partial charge in [0, 0.05) is 17.0 Å². The van der Waals surface area contributed by atoms with E-state index in [1.165, 1.54) is 12.1 Å². The highest BCUT2D eigenvalue weighted by Gasteiger charge is 2.20. The first-order valence-corrected chi connectivity index (χ1v) is 9.40. The maximum absolute atomic E-state index is 11.4. The van der Waals surface area contributed by atoms with Gasteiger partial charge in [0.2, 0.25) is 0 Å². The van der Waals surface area contributed by atoms with Crippen molar-refractivity contribution in [2.24, 2.45) is 0 Å². The van der Waals surface area contributed by atoms with Crippen LogP contribution >= 0.6 is 0 Å². The lowest BCUT2D eigenvalue weighted by Crippen LogP contribution is -2.00. The summed E-state index contributed by atoms with van der Waals surface area (Å²) >= 11 is 0. The van der Waals surface area contributed by atoms with Crippen LogP contribution < -0.4 is 0 Å². The van der Waals surface area contributed by atoms with Crippen LogP contribution in [0.15, 0.2) is 71.6 Å². The lowest BCUT2D eigenvalue weighted by Gasteiger charge is -2.16. The van der Waals surface area contributed by atoms with Gasteiger partial charge in [0.1, 0.15) is 16.4 Å². The molecule has 26 heavy (non-hydrogen) atoms. The molecule has 0 aliphatic rings. The Hall–Kier alpha value is -2.83. The zero-order chi connectivity index (χ0) is 18.9. The Bertz CT molecular complexity index is 1040. The van der Waals surface area contributed by atoms with Gasteiger partial charge < -0.3 is 10.2 Å². The maximum atomic E-state index is 11.4. The minimum Gasteiger partial charge on any atom is -0.508 e. The van der Waals surface area contributed by atoms with Crippen LogP contribution in [0.4, 0.5) is 0 Å². The van der Waals surface area contributed by atoms with Crippen molar-refractivity contribution in [1.29, 1.82) is 0 Å². The van der Waals surface area contributed by atoms with E-state index in [-0.39, 0.29) is 17.2 Å². The molecule has 0 aromatic heterocycles. The van der Waals surface area contributed by atoms with Gasteiger partial charge in [0.05, 0.1) is 0 Å². The Morgan fingerprint density at radius 3 is 2.23 bits per heavy atom. The summed E-state index contributed by atoms with van der Waals surface area (Å²) in [7, 11) is -4.54. The summed E-state index contributed by atoms with van der Waals surface area (Å²) < 4.78 is 32.1. The molecule has 3 rings (SSSR count). The second kappa shape index (κ2) is 6.82. The van der Waals surface area contributed by atoms with E-state index in [1.54, 1.807) is 18.2 Å². The largest absolute Gasteiger partial charge is 0.508 e. The van der Waals surface area contributed by atoms with Gasteiger partial charge in [-0.15, -0.1) is 0 Å². The predicted molar refractivity (Wildman–Crippen MR) is 99.0 cm³/mol. The van der Waals surface area contributed by atoms with Crippen LogP contribution in [0.25, 0.3) is 11.1 Å². The van der Waals surface area contributed by atoms with Crippen molar-refractivity contribution in [2.75, 3.05) is 0 Å². The molecule has 0 fully saturated rings. The van der Waals surface area contributed by atoms with E-state index in [0.717, 1.165) is 11.6 Å². The van der Waals surface area contributed by atoms with E-state index < -0.39 is 20.8 Å². The maximum Gasteiger partial charge on any atom is 0.298 e. The lowest BCUT2D eigenvalue weighted by atomic mass is 9.90.